The number of hydrogen-bond donors (Lipinski definition) is 2. The molecule has 2 aromatic carbocycles. The summed E-state index contributed by atoms with van der Waals surface area (Å²) in [7, 11) is 0. The molecule has 0 bridgehead atoms. The Balaban J connectivity index is 0.000000884. The lowest BCUT2D eigenvalue weighted by molar-refractivity contribution is 0.102. The number of aliphatic hydroxyl groups excluding tert-OH is 1. The molecule has 2 aromatic rings. The minimum Gasteiger partial charge on any atom is -0.393 e. The van der Waals surface area contributed by atoms with Crippen LogP contribution in [0.5, 0.6) is 0 Å². The summed E-state index contributed by atoms with van der Waals surface area (Å²) in [5.74, 6) is -4.95. The second-order valence-electron chi connectivity index (χ2n) is 6.77. The third-order valence-corrected chi connectivity index (χ3v) is 5.88. The first-order chi connectivity index (χ1) is 14.7. The fourth-order valence-electron chi connectivity index (χ4n) is 2.77. The van der Waals surface area contributed by atoms with Crippen LogP contribution in [0.1, 0.15) is 63.7 Å². The molecule has 1 aliphatic rings. The van der Waals surface area contributed by atoms with Gasteiger partial charge in [0, 0.05) is 33.5 Å². The topological polar surface area (TPSA) is 49.3 Å². The summed E-state index contributed by atoms with van der Waals surface area (Å²) in [6.45, 7) is 8.25. The summed E-state index contributed by atoms with van der Waals surface area (Å²) < 4.78 is 39.5. The Bertz CT molecular complexity index is 844. The van der Waals surface area contributed by atoms with E-state index in [2.05, 4.69) is 19.2 Å². The highest BCUT2D eigenvalue weighted by molar-refractivity contribution is 8.00. The maximum Gasteiger partial charge on any atom is 0.255 e. The third-order valence-electron chi connectivity index (χ3n) is 4.09. The smallest absolute Gasteiger partial charge is 0.255 e. The molecule has 2 atom stereocenters. The Kier molecular flexibility index (Phi) is 12.0. The Morgan fingerprint density at radius 1 is 1.13 bits per heavy atom. The van der Waals surface area contributed by atoms with Gasteiger partial charge in [0.25, 0.3) is 5.91 Å². The number of amides is 1. The van der Waals surface area contributed by atoms with Gasteiger partial charge in [-0.2, -0.15) is 0 Å². The van der Waals surface area contributed by atoms with Crippen LogP contribution in [0.25, 0.3) is 0 Å². The van der Waals surface area contributed by atoms with Gasteiger partial charge in [-0.25, -0.2) is 13.2 Å². The number of carbonyl (C=O) groups is 1. The number of nitrogens with one attached hydrogen (secondary N) is 1. The van der Waals surface area contributed by atoms with Crippen LogP contribution in [0.4, 0.5) is 18.9 Å². The summed E-state index contributed by atoms with van der Waals surface area (Å²) in [6, 6.07) is 6.06. The van der Waals surface area contributed by atoms with Crippen molar-refractivity contribution >= 4 is 35.0 Å². The number of aliphatic hydroxyl groups is 1. The van der Waals surface area contributed by atoms with Crippen LogP contribution in [0.3, 0.4) is 0 Å². The highest BCUT2D eigenvalue weighted by atomic mass is 35.5. The standard InChI is InChI=1S/C18H15ClF3NO2S.C3H8.C2H6/c19-13-4-1-9(5-16(13)26-12-3-2-11(24)8-12)18(25)23-10-6-14(20)17(22)15(21)7-10;1-3-2;1-2/h1,4-7,11-12,24H,2-3,8H2,(H,23,25);3H2,1-2H3;1-2H3/t11-,12?;;/m1../s1. The van der Waals surface area contributed by atoms with Crippen LogP contribution >= 0.6 is 23.4 Å². The van der Waals surface area contributed by atoms with Crippen molar-refractivity contribution in [1.82, 2.24) is 0 Å². The number of rotatable bonds is 4. The van der Waals surface area contributed by atoms with Crippen molar-refractivity contribution in [3.05, 3.63) is 58.4 Å². The van der Waals surface area contributed by atoms with E-state index in [1.54, 1.807) is 12.1 Å². The summed E-state index contributed by atoms with van der Waals surface area (Å²) >= 11 is 7.66. The van der Waals surface area contributed by atoms with Gasteiger partial charge in [0.1, 0.15) is 0 Å². The van der Waals surface area contributed by atoms with E-state index >= 15 is 0 Å². The zero-order chi connectivity index (χ0) is 23.6. The number of anilines is 1. The molecule has 172 valence electrons. The second-order valence-corrected chi connectivity index (χ2v) is 8.52. The molecule has 0 heterocycles. The van der Waals surface area contributed by atoms with E-state index in [0.717, 1.165) is 12.8 Å². The second kappa shape index (κ2) is 13.7. The van der Waals surface area contributed by atoms with Gasteiger partial charge in [-0.05, 0) is 37.5 Å². The largest absolute Gasteiger partial charge is 0.393 e. The van der Waals surface area contributed by atoms with Crippen LogP contribution in [-0.2, 0) is 0 Å². The average Bonchev–Trinajstić information content (AvgIpc) is 3.14. The SMILES string of the molecule is CC.CCC.O=C(Nc1cc(F)c(F)c(F)c1)c1ccc(Cl)c(SC2CC[C@@H](O)C2)c1. The minimum atomic E-state index is -1.59. The molecule has 1 aliphatic carbocycles. The number of thioether (sulfide) groups is 1. The van der Waals surface area contributed by atoms with Crippen LogP contribution in [0.2, 0.25) is 5.02 Å². The third kappa shape index (κ3) is 8.39. The van der Waals surface area contributed by atoms with E-state index in [-0.39, 0.29) is 22.6 Å². The Morgan fingerprint density at radius 3 is 2.23 bits per heavy atom. The van der Waals surface area contributed by atoms with Crippen LogP contribution in [-0.4, -0.2) is 22.4 Å². The fraction of sp³-hybridized carbons (Fsp3) is 0.435. The van der Waals surface area contributed by atoms with Crippen molar-refractivity contribution in [2.24, 2.45) is 0 Å². The molecular weight excluding hydrogens is 447 g/mol. The molecular formula is C23H29ClF3NO2S. The number of hydrogen-bond acceptors (Lipinski definition) is 3. The van der Waals surface area contributed by atoms with Crippen LogP contribution in [0, 0.1) is 17.5 Å². The molecule has 1 saturated carbocycles. The van der Waals surface area contributed by atoms with Crippen molar-refractivity contribution in [1.29, 1.82) is 0 Å². The Hall–Kier alpha value is -1.70. The fourth-order valence-corrected chi connectivity index (χ4v) is 4.33. The lowest BCUT2D eigenvalue weighted by Gasteiger charge is -2.12. The van der Waals surface area contributed by atoms with Gasteiger partial charge >= 0.3 is 0 Å². The molecule has 0 aliphatic heterocycles. The molecule has 0 spiro atoms. The maximum atomic E-state index is 13.3. The average molecular weight is 476 g/mol. The van der Waals surface area contributed by atoms with Gasteiger partial charge in [0.2, 0.25) is 0 Å². The molecule has 0 saturated heterocycles. The minimum absolute atomic E-state index is 0.186. The molecule has 3 rings (SSSR count). The van der Waals surface area contributed by atoms with Crippen LogP contribution in [0.15, 0.2) is 35.2 Å². The van der Waals surface area contributed by atoms with E-state index < -0.39 is 23.4 Å². The molecule has 1 fully saturated rings. The summed E-state index contributed by atoms with van der Waals surface area (Å²) in [4.78, 5) is 13.0. The van der Waals surface area contributed by atoms with Crippen molar-refractivity contribution in [2.75, 3.05) is 5.32 Å². The van der Waals surface area contributed by atoms with Gasteiger partial charge in [-0.1, -0.05) is 45.7 Å². The predicted octanol–water partition coefficient (Wildman–Crippen LogP) is 7.46. The normalized spacial score (nSPS) is 17.2. The van der Waals surface area contributed by atoms with E-state index in [9.17, 15) is 23.1 Å². The first-order valence-electron chi connectivity index (χ1n) is 10.3. The van der Waals surface area contributed by atoms with E-state index in [4.69, 9.17) is 11.6 Å². The number of benzene rings is 2. The molecule has 0 aromatic heterocycles. The lowest BCUT2D eigenvalue weighted by atomic mass is 10.2. The van der Waals surface area contributed by atoms with Crippen molar-refractivity contribution in [3.63, 3.8) is 0 Å². The monoisotopic (exact) mass is 475 g/mol. The summed E-state index contributed by atoms with van der Waals surface area (Å²) in [6.07, 6.45) is 3.18. The Morgan fingerprint density at radius 2 is 1.71 bits per heavy atom. The highest BCUT2D eigenvalue weighted by Crippen LogP contribution is 2.38. The molecule has 31 heavy (non-hydrogen) atoms. The van der Waals surface area contributed by atoms with Gasteiger partial charge in [0.15, 0.2) is 17.5 Å². The van der Waals surface area contributed by atoms with Crippen molar-refractivity contribution in [3.8, 4) is 0 Å². The molecule has 0 radical (unpaired) electrons. The van der Waals surface area contributed by atoms with Gasteiger partial charge in [-0.3, -0.25) is 4.79 Å². The van der Waals surface area contributed by atoms with Gasteiger partial charge in [0.05, 0.1) is 11.1 Å². The lowest BCUT2D eigenvalue weighted by Crippen LogP contribution is -2.13. The zero-order valence-corrected chi connectivity index (χ0v) is 19.7. The quantitative estimate of drug-likeness (QED) is 0.451. The molecule has 8 heteroatoms. The first-order valence-corrected chi connectivity index (χ1v) is 11.6. The number of halogens is 4. The van der Waals surface area contributed by atoms with Crippen molar-refractivity contribution in [2.45, 2.75) is 69.6 Å². The maximum absolute atomic E-state index is 13.3. The van der Waals surface area contributed by atoms with E-state index in [0.29, 0.717) is 28.5 Å². The first kappa shape index (κ1) is 27.3. The molecule has 1 amide bonds. The zero-order valence-electron chi connectivity index (χ0n) is 18.1. The number of carbonyl (C=O) groups excluding carboxylic acids is 1. The summed E-state index contributed by atoms with van der Waals surface area (Å²) in [5.41, 5.74) is 0.0649. The molecule has 3 nitrogen and oxygen atoms in total. The predicted molar refractivity (Wildman–Crippen MR) is 123 cm³/mol. The van der Waals surface area contributed by atoms with E-state index in [1.807, 2.05) is 13.8 Å². The highest BCUT2D eigenvalue weighted by Gasteiger charge is 2.24. The Labute approximate surface area is 191 Å². The van der Waals surface area contributed by atoms with Crippen molar-refractivity contribution < 1.29 is 23.1 Å². The summed E-state index contributed by atoms with van der Waals surface area (Å²) in [5, 5.41) is 12.6. The molecule has 1 unspecified atom stereocenters. The van der Waals surface area contributed by atoms with Gasteiger partial charge in [-0.15, -0.1) is 11.8 Å². The molecule has 2 N–H and O–H groups in total. The van der Waals surface area contributed by atoms with E-state index in [1.165, 1.54) is 24.2 Å². The van der Waals surface area contributed by atoms with Crippen LogP contribution < -0.4 is 5.32 Å². The van der Waals surface area contributed by atoms with Gasteiger partial charge < -0.3 is 10.4 Å².